The van der Waals surface area contributed by atoms with E-state index in [4.69, 9.17) is 4.74 Å². The van der Waals surface area contributed by atoms with Gasteiger partial charge in [-0.05, 0) is 78.5 Å². The van der Waals surface area contributed by atoms with Crippen molar-refractivity contribution in [3.05, 3.63) is 58.1 Å². The van der Waals surface area contributed by atoms with Crippen molar-refractivity contribution in [2.75, 3.05) is 12.4 Å². The van der Waals surface area contributed by atoms with Gasteiger partial charge in [0.1, 0.15) is 11.8 Å². The van der Waals surface area contributed by atoms with Crippen LogP contribution in [0.2, 0.25) is 0 Å². The summed E-state index contributed by atoms with van der Waals surface area (Å²) in [6, 6.07) is 7.70. The van der Waals surface area contributed by atoms with E-state index in [1.807, 2.05) is 0 Å². The average Bonchev–Trinajstić information content (AvgIpc) is 3.36. The molecule has 6 nitrogen and oxygen atoms in total. The van der Waals surface area contributed by atoms with Crippen molar-refractivity contribution in [2.24, 2.45) is 0 Å². The lowest BCUT2D eigenvalue weighted by Crippen LogP contribution is -2.45. The molecular formula is C23H26N2O4. The lowest BCUT2D eigenvalue weighted by atomic mass is 9.99. The lowest BCUT2D eigenvalue weighted by Gasteiger charge is -2.20. The molecule has 0 saturated carbocycles. The Labute approximate surface area is 170 Å². The van der Waals surface area contributed by atoms with E-state index in [0.717, 1.165) is 49.8 Å². The Kier molecular flexibility index (Phi) is 5.43. The first-order valence-electron chi connectivity index (χ1n) is 10.1. The number of methoxy groups -OCH3 is 1. The van der Waals surface area contributed by atoms with E-state index in [1.165, 1.54) is 29.4 Å². The number of rotatable bonds is 5. The molecule has 152 valence electrons. The molecule has 4 rings (SSSR count). The summed E-state index contributed by atoms with van der Waals surface area (Å²) in [5.74, 6) is -0.405. The number of amides is 2. The summed E-state index contributed by atoms with van der Waals surface area (Å²) in [6.07, 6.45) is 6.51. The number of hydrogen-bond acceptors (Lipinski definition) is 4. The Morgan fingerprint density at radius 3 is 2.38 bits per heavy atom. The summed E-state index contributed by atoms with van der Waals surface area (Å²) in [5, 5.41) is 15.5. The number of esters is 1. The van der Waals surface area contributed by atoms with Crippen molar-refractivity contribution >= 4 is 17.7 Å². The Balaban J connectivity index is 1.53. The molecule has 1 atom stereocenters. The van der Waals surface area contributed by atoms with Gasteiger partial charge in [0.05, 0.1) is 7.11 Å². The number of hydrogen-bond donors (Lipinski definition) is 3. The number of benzene rings is 2. The highest BCUT2D eigenvalue weighted by atomic mass is 16.5. The molecule has 0 saturated heterocycles. The molecule has 0 spiro atoms. The van der Waals surface area contributed by atoms with Crippen LogP contribution in [0, 0.1) is 0 Å². The van der Waals surface area contributed by atoms with Crippen molar-refractivity contribution in [1.82, 2.24) is 5.32 Å². The Morgan fingerprint density at radius 2 is 1.76 bits per heavy atom. The second-order valence-electron chi connectivity index (χ2n) is 7.78. The fourth-order valence-electron chi connectivity index (χ4n) is 4.53. The maximum Gasteiger partial charge on any atom is 0.328 e. The maximum absolute atomic E-state index is 12.8. The fraction of sp³-hybridized carbons (Fsp3) is 0.391. The molecular weight excluding hydrogens is 368 g/mol. The van der Waals surface area contributed by atoms with Gasteiger partial charge >= 0.3 is 12.0 Å². The topological polar surface area (TPSA) is 87.7 Å². The van der Waals surface area contributed by atoms with Gasteiger partial charge in [0.2, 0.25) is 0 Å². The summed E-state index contributed by atoms with van der Waals surface area (Å²) in [4.78, 5) is 25.1. The Morgan fingerprint density at radius 1 is 1.07 bits per heavy atom. The molecule has 2 aliphatic rings. The van der Waals surface area contributed by atoms with Crippen LogP contribution >= 0.6 is 0 Å². The normalized spacial score (nSPS) is 15.3. The largest absolute Gasteiger partial charge is 0.508 e. The van der Waals surface area contributed by atoms with Gasteiger partial charge in [0, 0.05) is 12.1 Å². The minimum atomic E-state index is -0.841. The smallest absolute Gasteiger partial charge is 0.328 e. The van der Waals surface area contributed by atoms with Crippen molar-refractivity contribution in [3.8, 4) is 5.75 Å². The molecule has 2 aromatic rings. The van der Waals surface area contributed by atoms with Gasteiger partial charge < -0.3 is 20.5 Å². The minimum Gasteiger partial charge on any atom is -0.508 e. The van der Waals surface area contributed by atoms with E-state index in [1.54, 1.807) is 24.3 Å². The highest BCUT2D eigenvalue weighted by Crippen LogP contribution is 2.38. The second kappa shape index (κ2) is 8.15. The number of ether oxygens (including phenoxy) is 1. The molecule has 2 amide bonds. The number of phenolic OH excluding ortho intramolecular Hbond substituents is 1. The number of phenols is 1. The molecule has 29 heavy (non-hydrogen) atoms. The van der Waals surface area contributed by atoms with E-state index >= 15 is 0 Å². The summed E-state index contributed by atoms with van der Waals surface area (Å²) in [6.45, 7) is 0. The summed E-state index contributed by atoms with van der Waals surface area (Å²) < 4.78 is 4.87. The molecule has 0 heterocycles. The molecule has 3 N–H and O–H groups in total. The first kappa shape index (κ1) is 19.3. The van der Waals surface area contributed by atoms with Crippen LogP contribution in [0.25, 0.3) is 0 Å². The standard InChI is InChI=1S/C23H26N2O4/c1-29-22(27)20(12-14-5-2-8-17(26)11-14)24-23(28)25-21-18-9-3-6-15(18)13-16-7-4-10-19(16)21/h2,5,8,11,13,20,26H,3-4,6-7,9-10,12H2,1H3,(H2,24,25,28). The van der Waals surface area contributed by atoms with E-state index in [9.17, 15) is 14.7 Å². The SMILES string of the molecule is COC(=O)C(Cc1cccc(O)c1)NC(=O)Nc1c2c(cc3c1CCC3)CCC2. The summed E-state index contributed by atoms with van der Waals surface area (Å²) in [5.41, 5.74) is 6.83. The van der Waals surface area contributed by atoms with Crippen LogP contribution in [-0.2, 0) is 41.6 Å². The van der Waals surface area contributed by atoms with Gasteiger partial charge in [0.25, 0.3) is 0 Å². The molecule has 0 radical (unpaired) electrons. The van der Waals surface area contributed by atoms with Gasteiger partial charge in [-0.1, -0.05) is 18.2 Å². The third-order valence-corrected chi connectivity index (χ3v) is 5.85. The second-order valence-corrected chi connectivity index (χ2v) is 7.78. The first-order valence-corrected chi connectivity index (χ1v) is 10.1. The van der Waals surface area contributed by atoms with Gasteiger partial charge in [-0.2, -0.15) is 0 Å². The third kappa shape index (κ3) is 4.06. The number of carbonyl (C=O) groups excluding carboxylic acids is 2. The molecule has 0 aromatic heterocycles. The number of anilines is 1. The molecule has 6 heteroatoms. The number of urea groups is 1. The van der Waals surface area contributed by atoms with Gasteiger partial charge in [-0.3, -0.25) is 0 Å². The molecule has 0 fully saturated rings. The molecule has 2 aromatic carbocycles. The number of nitrogens with one attached hydrogen (secondary N) is 2. The zero-order valence-corrected chi connectivity index (χ0v) is 16.6. The predicted molar refractivity (Wildman–Crippen MR) is 110 cm³/mol. The lowest BCUT2D eigenvalue weighted by molar-refractivity contribution is -0.142. The summed E-state index contributed by atoms with van der Waals surface area (Å²) in [7, 11) is 1.30. The van der Waals surface area contributed by atoms with Crippen LogP contribution in [0.3, 0.4) is 0 Å². The van der Waals surface area contributed by atoms with Crippen molar-refractivity contribution in [1.29, 1.82) is 0 Å². The van der Waals surface area contributed by atoms with E-state index in [-0.39, 0.29) is 12.2 Å². The van der Waals surface area contributed by atoms with Crippen LogP contribution in [0.1, 0.15) is 40.7 Å². The van der Waals surface area contributed by atoms with Crippen LogP contribution in [-0.4, -0.2) is 30.3 Å². The van der Waals surface area contributed by atoms with Crippen LogP contribution in [0.15, 0.2) is 30.3 Å². The molecule has 0 aliphatic heterocycles. The van der Waals surface area contributed by atoms with Crippen molar-refractivity contribution < 1.29 is 19.4 Å². The van der Waals surface area contributed by atoms with Gasteiger partial charge in [-0.25, -0.2) is 9.59 Å². The van der Waals surface area contributed by atoms with Crippen LogP contribution in [0.5, 0.6) is 5.75 Å². The highest BCUT2D eigenvalue weighted by Gasteiger charge is 2.27. The number of fused-ring (bicyclic) bond motifs is 2. The number of aromatic hydroxyl groups is 1. The number of carbonyl (C=O) groups is 2. The van der Waals surface area contributed by atoms with Crippen LogP contribution in [0.4, 0.5) is 10.5 Å². The van der Waals surface area contributed by atoms with Crippen LogP contribution < -0.4 is 10.6 Å². The molecule has 2 aliphatic carbocycles. The average molecular weight is 394 g/mol. The van der Waals surface area contributed by atoms with E-state index in [2.05, 4.69) is 16.7 Å². The fourth-order valence-corrected chi connectivity index (χ4v) is 4.53. The zero-order chi connectivity index (χ0) is 20.4. The minimum absolute atomic E-state index is 0.117. The summed E-state index contributed by atoms with van der Waals surface area (Å²) >= 11 is 0. The highest BCUT2D eigenvalue weighted by molar-refractivity contribution is 5.94. The predicted octanol–water partition coefficient (Wildman–Crippen LogP) is 3.28. The number of aryl methyl sites for hydroxylation is 2. The molecule has 1 unspecified atom stereocenters. The van der Waals surface area contributed by atoms with E-state index in [0.29, 0.717) is 0 Å². The van der Waals surface area contributed by atoms with E-state index < -0.39 is 18.0 Å². The van der Waals surface area contributed by atoms with Crippen molar-refractivity contribution in [2.45, 2.75) is 51.0 Å². The monoisotopic (exact) mass is 394 g/mol. The van der Waals surface area contributed by atoms with Crippen molar-refractivity contribution in [3.63, 3.8) is 0 Å². The Hall–Kier alpha value is -3.02. The maximum atomic E-state index is 12.8. The zero-order valence-electron chi connectivity index (χ0n) is 16.6. The van der Waals surface area contributed by atoms with Gasteiger partial charge in [0.15, 0.2) is 0 Å². The molecule has 0 bridgehead atoms. The quantitative estimate of drug-likeness (QED) is 0.679. The Bertz CT molecular complexity index is 922. The van der Waals surface area contributed by atoms with Gasteiger partial charge in [-0.15, -0.1) is 0 Å². The third-order valence-electron chi connectivity index (χ3n) is 5.85. The first-order chi connectivity index (χ1) is 14.0.